The van der Waals surface area contributed by atoms with E-state index in [1.165, 1.54) is 77.0 Å². The number of rotatable bonds is 11. The molecule has 0 aliphatic rings. The molecule has 0 saturated carbocycles. The van der Waals surface area contributed by atoms with E-state index in [0.717, 1.165) is 5.41 Å². The number of carbonyl (C=O) groups is 1. The molecule has 0 heterocycles. The number of hydrogen-bond donors (Lipinski definition) is 0. The summed E-state index contributed by atoms with van der Waals surface area (Å²) in [6.45, 7) is 0. The van der Waals surface area contributed by atoms with Crippen LogP contribution in [0.2, 0.25) is 0 Å². The molecule has 0 aromatic heterocycles. The first-order valence-electron chi connectivity index (χ1n) is 11.1. The van der Waals surface area contributed by atoms with Crippen LogP contribution in [0.3, 0.4) is 0 Å². The maximum absolute atomic E-state index is 12.9. The predicted molar refractivity (Wildman–Crippen MR) is 140 cm³/mol. The molecule has 0 radical (unpaired) electrons. The van der Waals surface area contributed by atoms with E-state index in [-0.39, 0.29) is 22.9 Å². The Morgan fingerprint density at radius 2 is 1.41 bits per heavy atom. The highest BCUT2D eigenvalue weighted by atomic mass is 32.2. The Kier molecular flexibility index (Phi) is 9.33. The largest absolute Gasteiger partial charge is 0.519 e. The van der Waals surface area contributed by atoms with E-state index < -0.39 is 26.7 Å². The molecule has 0 bridgehead atoms. The number of methoxy groups -OCH3 is 4. The standard InChI is InChI=1S/C26H25NO11S/c1-33-20-14-23(35-3)21(24(15-20)36-4)11-12-39(31,32)16-17-5-10-22(34-2)25(13-17)38-26(28)37-19-8-6-18(7-9-19)27(29)30/h5-15H,16H2,1-4H3. The molecule has 0 fully saturated rings. The Bertz CT molecular complexity index is 1460. The fourth-order valence-corrected chi connectivity index (χ4v) is 4.47. The smallest absolute Gasteiger partial charge is 0.496 e. The summed E-state index contributed by atoms with van der Waals surface area (Å²) in [6, 6.07) is 12.3. The fourth-order valence-electron chi connectivity index (χ4n) is 3.38. The lowest BCUT2D eigenvalue weighted by Crippen LogP contribution is -2.14. The second-order valence-electron chi connectivity index (χ2n) is 7.75. The summed E-state index contributed by atoms with van der Waals surface area (Å²) >= 11 is 0. The molecule has 0 spiro atoms. The first kappa shape index (κ1) is 28.8. The molecule has 0 unspecified atom stereocenters. The summed E-state index contributed by atoms with van der Waals surface area (Å²) in [5, 5.41) is 11.8. The number of hydrogen-bond acceptors (Lipinski definition) is 11. The Balaban J connectivity index is 1.78. The van der Waals surface area contributed by atoms with Crippen LogP contribution in [0.4, 0.5) is 10.5 Å². The molecule has 0 N–H and O–H groups in total. The molecule has 3 aromatic carbocycles. The second kappa shape index (κ2) is 12.6. The van der Waals surface area contributed by atoms with Crippen molar-refractivity contribution in [3.05, 3.63) is 81.2 Å². The van der Waals surface area contributed by atoms with Crippen LogP contribution in [-0.2, 0) is 15.6 Å². The minimum absolute atomic E-state index is 0.0119. The number of nitro benzene ring substituents is 1. The summed E-state index contributed by atoms with van der Waals surface area (Å²) in [5.74, 6) is 0.829. The van der Waals surface area contributed by atoms with Gasteiger partial charge in [-0.2, -0.15) is 0 Å². The number of nitro groups is 1. The quantitative estimate of drug-likeness (QED) is 0.138. The Morgan fingerprint density at radius 1 is 0.795 bits per heavy atom. The highest BCUT2D eigenvalue weighted by Crippen LogP contribution is 2.35. The maximum Gasteiger partial charge on any atom is 0.519 e. The average Bonchev–Trinajstić information content (AvgIpc) is 2.91. The molecule has 0 atom stereocenters. The van der Waals surface area contributed by atoms with Crippen molar-refractivity contribution in [1.82, 2.24) is 0 Å². The van der Waals surface area contributed by atoms with Crippen molar-refractivity contribution in [3.8, 4) is 34.5 Å². The summed E-state index contributed by atoms with van der Waals surface area (Å²) in [6.07, 6.45) is 0.204. The van der Waals surface area contributed by atoms with Crippen molar-refractivity contribution < 1.29 is 46.6 Å². The van der Waals surface area contributed by atoms with E-state index in [1.54, 1.807) is 12.1 Å². The van der Waals surface area contributed by atoms with Crippen LogP contribution in [0.25, 0.3) is 6.08 Å². The zero-order valence-corrected chi connectivity index (χ0v) is 22.2. The molecule has 0 saturated heterocycles. The minimum Gasteiger partial charge on any atom is -0.496 e. The zero-order chi connectivity index (χ0) is 28.6. The molecule has 0 aliphatic heterocycles. The van der Waals surface area contributed by atoms with Gasteiger partial charge in [0.2, 0.25) is 0 Å². The van der Waals surface area contributed by atoms with Gasteiger partial charge in [0.1, 0.15) is 23.0 Å². The third-order valence-electron chi connectivity index (χ3n) is 5.23. The highest BCUT2D eigenvalue weighted by Gasteiger charge is 2.17. The summed E-state index contributed by atoms with van der Waals surface area (Å²) in [4.78, 5) is 22.5. The molecular weight excluding hydrogens is 534 g/mol. The Morgan fingerprint density at radius 3 is 1.95 bits per heavy atom. The molecule has 206 valence electrons. The van der Waals surface area contributed by atoms with Gasteiger partial charge in [-0.05, 0) is 35.9 Å². The van der Waals surface area contributed by atoms with Crippen LogP contribution < -0.4 is 28.4 Å². The van der Waals surface area contributed by atoms with Crippen molar-refractivity contribution in [2.24, 2.45) is 0 Å². The maximum atomic E-state index is 12.9. The van der Waals surface area contributed by atoms with Crippen LogP contribution in [0.5, 0.6) is 34.5 Å². The number of ether oxygens (including phenoxy) is 6. The first-order valence-corrected chi connectivity index (χ1v) is 12.8. The molecule has 12 nitrogen and oxygen atoms in total. The third kappa shape index (κ3) is 7.61. The van der Waals surface area contributed by atoms with E-state index in [4.69, 9.17) is 28.4 Å². The molecule has 39 heavy (non-hydrogen) atoms. The van der Waals surface area contributed by atoms with Gasteiger partial charge in [-0.3, -0.25) is 10.1 Å². The number of non-ortho nitro benzene ring substituents is 1. The first-order chi connectivity index (χ1) is 18.6. The topological polar surface area (TPSA) is 150 Å². The lowest BCUT2D eigenvalue weighted by molar-refractivity contribution is -0.384. The number of carbonyl (C=O) groups excluding carboxylic acids is 1. The molecule has 3 aromatic rings. The predicted octanol–water partition coefficient (Wildman–Crippen LogP) is 4.79. The Hall–Kier alpha value is -4.78. The van der Waals surface area contributed by atoms with Crippen LogP contribution in [0, 0.1) is 10.1 Å². The van der Waals surface area contributed by atoms with Crippen molar-refractivity contribution in [1.29, 1.82) is 0 Å². The van der Waals surface area contributed by atoms with Crippen molar-refractivity contribution >= 4 is 27.8 Å². The van der Waals surface area contributed by atoms with Crippen LogP contribution in [0.1, 0.15) is 11.1 Å². The van der Waals surface area contributed by atoms with E-state index in [0.29, 0.717) is 28.4 Å². The molecule has 3 rings (SSSR count). The minimum atomic E-state index is -3.81. The summed E-state index contributed by atoms with van der Waals surface area (Å²) < 4.78 is 57.1. The van der Waals surface area contributed by atoms with E-state index in [1.807, 2.05) is 0 Å². The van der Waals surface area contributed by atoms with Crippen molar-refractivity contribution in [2.75, 3.05) is 28.4 Å². The SMILES string of the molecule is COc1cc(OC)c(C=CS(=O)(=O)Cc2ccc(OC)c(OC(=O)Oc3ccc([N+](=O)[O-])cc3)c2)c(OC)c1. The molecular formula is C26H25NO11S. The molecule has 13 heteroatoms. The summed E-state index contributed by atoms with van der Waals surface area (Å²) in [5.41, 5.74) is 0.522. The van der Waals surface area contributed by atoms with Gasteiger partial charge in [-0.25, -0.2) is 13.2 Å². The van der Waals surface area contributed by atoms with Crippen LogP contribution in [0.15, 0.2) is 60.0 Å². The van der Waals surface area contributed by atoms with Gasteiger partial charge in [0, 0.05) is 29.7 Å². The monoisotopic (exact) mass is 559 g/mol. The van der Waals surface area contributed by atoms with Gasteiger partial charge in [-0.1, -0.05) is 6.07 Å². The van der Waals surface area contributed by atoms with Crippen molar-refractivity contribution in [3.63, 3.8) is 0 Å². The van der Waals surface area contributed by atoms with Crippen LogP contribution in [-0.4, -0.2) is 47.9 Å². The summed E-state index contributed by atoms with van der Waals surface area (Å²) in [7, 11) is 1.89. The van der Waals surface area contributed by atoms with E-state index in [9.17, 15) is 23.3 Å². The number of sulfone groups is 1. The number of benzene rings is 3. The second-order valence-corrected chi connectivity index (χ2v) is 9.63. The third-order valence-corrected chi connectivity index (χ3v) is 6.52. The lowest BCUT2D eigenvalue weighted by atomic mass is 10.1. The number of nitrogens with zero attached hydrogens (tertiary/aromatic N) is 1. The molecule has 0 aliphatic carbocycles. The fraction of sp³-hybridized carbons (Fsp3) is 0.192. The normalized spacial score (nSPS) is 11.1. The van der Waals surface area contributed by atoms with Crippen LogP contribution >= 0.6 is 0 Å². The van der Waals surface area contributed by atoms with E-state index >= 15 is 0 Å². The molecule has 0 amide bonds. The van der Waals surface area contributed by atoms with Gasteiger partial charge in [-0.15, -0.1) is 0 Å². The highest BCUT2D eigenvalue weighted by molar-refractivity contribution is 7.93. The van der Waals surface area contributed by atoms with Gasteiger partial charge >= 0.3 is 6.16 Å². The van der Waals surface area contributed by atoms with Gasteiger partial charge < -0.3 is 28.4 Å². The average molecular weight is 560 g/mol. The van der Waals surface area contributed by atoms with Gasteiger partial charge in [0.15, 0.2) is 21.3 Å². The van der Waals surface area contributed by atoms with Gasteiger partial charge in [0.25, 0.3) is 5.69 Å². The van der Waals surface area contributed by atoms with Gasteiger partial charge in [0.05, 0.1) is 44.7 Å². The van der Waals surface area contributed by atoms with E-state index in [2.05, 4.69) is 0 Å². The van der Waals surface area contributed by atoms with Crippen molar-refractivity contribution in [2.45, 2.75) is 5.75 Å². The Labute approximate surface area is 224 Å². The zero-order valence-electron chi connectivity index (χ0n) is 21.4. The lowest BCUT2D eigenvalue weighted by Gasteiger charge is -2.13.